The molecule has 0 saturated carbocycles. The van der Waals surface area contributed by atoms with Crippen molar-refractivity contribution in [3.05, 3.63) is 65.7 Å². The highest BCUT2D eigenvalue weighted by Gasteiger charge is 2.22. The normalized spacial score (nSPS) is 11.9. The molecule has 98 valence electrons. The Bertz CT molecular complexity index is 534. The second-order valence-corrected chi connectivity index (χ2v) is 5.42. The molecule has 0 fully saturated rings. The number of carbonyl (C=O) groups is 1. The molecule has 1 atom stereocenters. The number of rotatable bonds is 4. The molecule has 0 amide bonds. The van der Waals surface area contributed by atoms with Crippen molar-refractivity contribution in [1.82, 2.24) is 0 Å². The topological polar surface area (TPSA) is 26.3 Å². The SMILES string of the molecule is COC(=O)C(Sc1ccccc1)c1ccc(C)cc1. The number of carbonyl (C=O) groups excluding carboxylic acids is 1. The van der Waals surface area contributed by atoms with Gasteiger partial charge in [-0.2, -0.15) is 0 Å². The largest absolute Gasteiger partial charge is 0.468 e. The molecule has 0 radical (unpaired) electrons. The molecular formula is C16H16O2S. The van der Waals surface area contributed by atoms with E-state index in [-0.39, 0.29) is 11.2 Å². The molecule has 19 heavy (non-hydrogen) atoms. The molecule has 2 rings (SSSR count). The average Bonchev–Trinajstić information content (AvgIpc) is 2.46. The zero-order valence-corrected chi connectivity index (χ0v) is 11.8. The van der Waals surface area contributed by atoms with E-state index in [0.717, 1.165) is 10.5 Å². The van der Waals surface area contributed by atoms with Crippen LogP contribution in [0.5, 0.6) is 0 Å². The zero-order valence-electron chi connectivity index (χ0n) is 11.0. The fraction of sp³-hybridized carbons (Fsp3) is 0.188. The Kier molecular flexibility index (Phi) is 4.63. The predicted octanol–water partition coefficient (Wildman–Crippen LogP) is 4.00. The van der Waals surface area contributed by atoms with E-state index in [1.807, 2.05) is 61.5 Å². The summed E-state index contributed by atoms with van der Waals surface area (Å²) in [4.78, 5) is 13.0. The molecule has 0 aliphatic carbocycles. The summed E-state index contributed by atoms with van der Waals surface area (Å²) in [6.07, 6.45) is 0. The highest BCUT2D eigenvalue weighted by molar-refractivity contribution is 8.00. The Balaban J connectivity index is 2.26. The number of methoxy groups -OCH3 is 1. The molecule has 2 aromatic rings. The number of esters is 1. The maximum atomic E-state index is 12.0. The monoisotopic (exact) mass is 272 g/mol. The third-order valence-corrected chi connectivity index (χ3v) is 4.04. The predicted molar refractivity (Wildman–Crippen MR) is 78.2 cm³/mol. The van der Waals surface area contributed by atoms with Crippen LogP contribution in [-0.4, -0.2) is 13.1 Å². The fourth-order valence-electron chi connectivity index (χ4n) is 1.74. The van der Waals surface area contributed by atoms with Crippen LogP contribution in [0.2, 0.25) is 0 Å². The zero-order chi connectivity index (χ0) is 13.7. The summed E-state index contributed by atoms with van der Waals surface area (Å²) in [5.74, 6) is -0.224. The molecule has 2 nitrogen and oxygen atoms in total. The maximum Gasteiger partial charge on any atom is 0.323 e. The Morgan fingerprint density at radius 1 is 1.05 bits per heavy atom. The van der Waals surface area contributed by atoms with Gasteiger partial charge < -0.3 is 4.74 Å². The molecule has 0 bridgehead atoms. The summed E-state index contributed by atoms with van der Waals surface area (Å²) in [6.45, 7) is 2.03. The molecule has 0 heterocycles. The molecule has 0 N–H and O–H groups in total. The second-order valence-electron chi connectivity index (χ2n) is 4.24. The molecular weight excluding hydrogens is 256 g/mol. The highest BCUT2D eigenvalue weighted by Crippen LogP contribution is 2.36. The number of hydrogen-bond acceptors (Lipinski definition) is 3. The van der Waals surface area contributed by atoms with Crippen LogP contribution >= 0.6 is 11.8 Å². The van der Waals surface area contributed by atoms with Gasteiger partial charge in [-0.3, -0.25) is 4.79 Å². The lowest BCUT2D eigenvalue weighted by Crippen LogP contribution is -2.11. The number of aryl methyl sites for hydroxylation is 1. The summed E-state index contributed by atoms with van der Waals surface area (Å²) in [5, 5.41) is -0.326. The number of ether oxygens (including phenoxy) is 1. The van der Waals surface area contributed by atoms with E-state index in [2.05, 4.69) is 0 Å². The lowest BCUT2D eigenvalue weighted by atomic mass is 10.1. The van der Waals surface area contributed by atoms with Crippen LogP contribution in [0, 0.1) is 6.92 Å². The lowest BCUT2D eigenvalue weighted by Gasteiger charge is -2.15. The van der Waals surface area contributed by atoms with Gasteiger partial charge in [-0.05, 0) is 24.6 Å². The van der Waals surface area contributed by atoms with Crippen LogP contribution in [0.4, 0.5) is 0 Å². The minimum Gasteiger partial charge on any atom is -0.468 e. The van der Waals surface area contributed by atoms with Crippen molar-refractivity contribution in [3.63, 3.8) is 0 Å². The molecule has 0 saturated heterocycles. The minimum absolute atomic E-state index is 0.224. The Morgan fingerprint density at radius 3 is 2.26 bits per heavy atom. The van der Waals surface area contributed by atoms with Crippen molar-refractivity contribution in [1.29, 1.82) is 0 Å². The Hall–Kier alpha value is -1.74. The quantitative estimate of drug-likeness (QED) is 0.621. The third-order valence-electron chi connectivity index (χ3n) is 2.79. The Morgan fingerprint density at radius 2 is 1.68 bits per heavy atom. The van der Waals surface area contributed by atoms with E-state index in [0.29, 0.717) is 0 Å². The summed E-state index contributed by atoms with van der Waals surface area (Å²) < 4.78 is 4.91. The smallest absolute Gasteiger partial charge is 0.323 e. The summed E-state index contributed by atoms with van der Waals surface area (Å²) in [7, 11) is 1.43. The molecule has 1 unspecified atom stereocenters. The first-order valence-corrected chi connectivity index (χ1v) is 6.95. The van der Waals surface area contributed by atoms with E-state index in [1.165, 1.54) is 24.4 Å². The van der Waals surface area contributed by atoms with Crippen LogP contribution in [-0.2, 0) is 9.53 Å². The van der Waals surface area contributed by atoms with Crippen LogP contribution < -0.4 is 0 Å². The van der Waals surface area contributed by atoms with Gasteiger partial charge in [-0.1, -0.05) is 48.0 Å². The van der Waals surface area contributed by atoms with Crippen molar-refractivity contribution in [2.24, 2.45) is 0 Å². The van der Waals surface area contributed by atoms with Crippen LogP contribution in [0.3, 0.4) is 0 Å². The van der Waals surface area contributed by atoms with E-state index in [4.69, 9.17) is 4.74 Å². The van der Waals surface area contributed by atoms with Crippen molar-refractivity contribution in [2.75, 3.05) is 7.11 Å². The molecule has 0 aliphatic rings. The van der Waals surface area contributed by atoms with Gasteiger partial charge in [0.2, 0.25) is 0 Å². The summed E-state index contributed by atoms with van der Waals surface area (Å²) in [6, 6.07) is 17.9. The summed E-state index contributed by atoms with van der Waals surface area (Å²) >= 11 is 1.51. The number of benzene rings is 2. The van der Waals surface area contributed by atoms with Gasteiger partial charge in [0.25, 0.3) is 0 Å². The fourth-order valence-corrected chi connectivity index (χ4v) is 2.81. The third kappa shape index (κ3) is 3.61. The van der Waals surface area contributed by atoms with E-state index in [9.17, 15) is 4.79 Å². The standard InChI is InChI=1S/C16H16O2S/c1-12-8-10-13(11-9-12)15(16(17)18-2)19-14-6-4-3-5-7-14/h3-11,15H,1-2H3. The minimum atomic E-state index is -0.326. The van der Waals surface area contributed by atoms with Gasteiger partial charge in [0.1, 0.15) is 5.25 Å². The molecule has 0 aliphatic heterocycles. The first-order valence-electron chi connectivity index (χ1n) is 6.07. The van der Waals surface area contributed by atoms with E-state index < -0.39 is 0 Å². The Labute approximate surface area is 117 Å². The first kappa shape index (κ1) is 13.7. The maximum absolute atomic E-state index is 12.0. The van der Waals surface area contributed by atoms with Gasteiger partial charge in [-0.15, -0.1) is 11.8 Å². The molecule has 0 aromatic heterocycles. The van der Waals surface area contributed by atoms with Crippen molar-refractivity contribution in [2.45, 2.75) is 17.1 Å². The van der Waals surface area contributed by atoms with Crippen molar-refractivity contribution in [3.8, 4) is 0 Å². The number of hydrogen-bond donors (Lipinski definition) is 0. The van der Waals surface area contributed by atoms with E-state index >= 15 is 0 Å². The van der Waals surface area contributed by atoms with Crippen molar-refractivity contribution >= 4 is 17.7 Å². The van der Waals surface area contributed by atoms with Gasteiger partial charge >= 0.3 is 5.97 Å². The van der Waals surface area contributed by atoms with Gasteiger partial charge in [0.05, 0.1) is 7.11 Å². The number of thioether (sulfide) groups is 1. The van der Waals surface area contributed by atoms with Gasteiger partial charge in [0, 0.05) is 4.90 Å². The van der Waals surface area contributed by atoms with Crippen molar-refractivity contribution < 1.29 is 9.53 Å². The van der Waals surface area contributed by atoms with Crippen LogP contribution in [0.15, 0.2) is 59.5 Å². The lowest BCUT2D eigenvalue weighted by molar-refractivity contribution is -0.140. The second kappa shape index (κ2) is 6.43. The van der Waals surface area contributed by atoms with Crippen LogP contribution in [0.25, 0.3) is 0 Å². The molecule has 0 spiro atoms. The summed E-state index contributed by atoms with van der Waals surface area (Å²) in [5.41, 5.74) is 2.14. The average molecular weight is 272 g/mol. The molecule has 2 aromatic carbocycles. The first-order chi connectivity index (χ1) is 9.20. The highest BCUT2D eigenvalue weighted by atomic mass is 32.2. The molecule has 3 heteroatoms. The van der Waals surface area contributed by atoms with Gasteiger partial charge in [-0.25, -0.2) is 0 Å². The van der Waals surface area contributed by atoms with E-state index in [1.54, 1.807) is 0 Å². The van der Waals surface area contributed by atoms with Crippen LogP contribution in [0.1, 0.15) is 16.4 Å². The van der Waals surface area contributed by atoms with Gasteiger partial charge in [0.15, 0.2) is 0 Å².